The summed E-state index contributed by atoms with van der Waals surface area (Å²) in [6, 6.07) is 0. The van der Waals surface area contributed by atoms with Crippen molar-refractivity contribution < 1.29 is 14.3 Å². The van der Waals surface area contributed by atoms with Gasteiger partial charge in [0.2, 0.25) is 0 Å². The standard InChI is InChI=1S/C9H12O3/c1-11-9(10)6-3-4-2-5(6)8-7(4)12-8/h4-8H,2-3H2,1H3/t4-,5+,6-,7-,8+/m0/s1. The Balaban J connectivity index is 1.80. The lowest BCUT2D eigenvalue weighted by Gasteiger charge is -2.15. The maximum absolute atomic E-state index is 11.3. The molecule has 3 aliphatic rings. The van der Waals surface area contributed by atoms with Crippen molar-refractivity contribution in [1.82, 2.24) is 0 Å². The summed E-state index contributed by atoms with van der Waals surface area (Å²) in [6.07, 6.45) is 3.11. The predicted molar refractivity (Wildman–Crippen MR) is 40.4 cm³/mol. The van der Waals surface area contributed by atoms with Gasteiger partial charge in [-0.25, -0.2) is 0 Å². The van der Waals surface area contributed by atoms with Crippen molar-refractivity contribution in [3.63, 3.8) is 0 Å². The molecule has 0 N–H and O–H groups in total. The summed E-state index contributed by atoms with van der Waals surface area (Å²) in [5.74, 6) is 1.25. The molecule has 0 spiro atoms. The summed E-state index contributed by atoms with van der Waals surface area (Å²) in [4.78, 5) is 11.3. The highest BCUT2D eigenvalue weighted by atomic mass is 16.6. The Kier molecular flexibility index (Phi) is 1.16. The summed E-state index contributed by atoms with van der Waals surface area (Å²) in [5.41, 5.74) is 0. The molecule has 12 heavy (non-hydrogen) atoms. The van der Waals surface area contributed by atoms with E-state index in [1.54, 1.807) is 0 Å². The number of hydrogen-bond donors (Lipinski definition) is 0. The molecule has 0 aromatic carbocycles. The molecule has 3 rings (SSSR count). The number of carbonyl (C=O) groups excluding carboxylic acids is 1. The van der Waals surface area contributed by atoms with E-state index in [2.05, 4.69) is 0 Å². The first kappa shape index (κ1) is 6.89. The van der Waals surface area contributed by atoms with Gasteiger partial charge in [0.05, 0.1) is 25.2 Å². The number of fused-ring (bicyclic) bond motifs is 5. The van der Waals surface area contributed by atoms with Crippen LogP contribution in [0, 0.1) is 17.8 Å². The minimum absolute atomic E-state index is 0.0311. The van der Waals surface area contributed by atoms with E-state index in [0.29, 0.717) is 24.0 Å². The fourth-order valence-corrected chi connectivity index (χ4v) is 3.02. The molecule has 2 aliphatic carbocycles. The van der Waals surface area contributed by atoms with Gasteiger partial charge in [0, 0.05) is 5.92 Å². The average Bonchev–Trinajstić information content (AvgIpc) is 2.71. The molecular weight excluding hydrogens is 156 g/mol. The van der Waals surface area contributed by atoms with Gasteiger partial charge in [0.25, 0.3) is 0 Å². The number of hydrogen-bond acceptors (Lipinski definition) is 3. The Hall–Kier alpha value is -0.570. The lowest BCUT2D eigenvalue weighted by Crippen LogP contribution is -2.26. The Morgan fingerprint density at radius 3 is 2.83 bits per heavy atom. The molecule has 1 heterocycles. The van der Waals surface area contributed by atoms with Crippen molar-refractivity contribution in [2.45, 2.75) is 25.0 Å². The van der Waals surface area contributed by atoms with Crippen LogP contribution in [0.1, 0.15) is 12.8 Å². The summed E-state index contributed by atoms with van der Waals surface area (Å²) in [5, 5.41) is 0. The van der Waals surface area contributed by atoms with E-state index in [-0.39, 0.29) is 11.9 Å². The van der Waals surface area contributed by atoms with Gasteiger partial charge in [-0.05, 0) is 18.8 Å². The van der Waals surface area contributed by atoms with Crippen molar-refractivity contribution in [1.29, 1.82) is 0 Å². The van der Waals surface area contributed by atoms with Crippen molar-refractivity contribution in [3.8, 4) is 0 Å². The first-order valence-electron chi connectivity index (χ1n) is 4.54. The van der Waals surface area contributed by atoms with E-state index in [1.165, 1.54) is 13.5 Å². The molecule has 0 aromatic heterocycles. The van der Waals surface area contributed by atoms with E-state index >= 15 is 0 Å². The average molecular weight is 168 g/mol. The maximum Gasteiger partial charge on any atom is 0.309 e. The molecule has 0 unspecified atom stereocenters. The van der Waals surface area contributed by atoms with E-state index in [0.717, 1.165) is 6.42 Å². The van der Waals surface area contributed by atoms with Crippen molar-refractivity contribution in [3.05, 3.63) is 0 Å². The summed E-state index contributed by atoms with van der Waals surface area (Å²) >= 11 is 0. The number of carbonyl (C=O) groups is 1. The predicted octanol–water partition coefficient (Wildman–Crippen LogP) is 0.583. The van der Waals surface area contributed by atoms with Crippen LogP contribution in [-0.4, -0.2) is 25.3 Å². The second-order valence-electron chi connectivity index (χ2n) is 4.09. The number of methoxy groups -OCH3 is 1. The molecule has 2 bridgehead atoms. The zero-order valence-corrected chi connectivity index (χ0v) is 7.03. The quantitative estimate of drug-likeness (QED) is 0.424. The largest absolute Gasteiger partial charge is 0.469 e. The number of epoxide rings is 1. The SMILES string of the molecule is COC(=O)[C@H]1C[C@@H]2C[C@H]1[C@H]1O[C@@H]21. The van der Waals surface area contributed by atoms with Crippen LogP contribution < -0.4 is 0 Å². The number of ether oxygens (including phenoxy) is 2. The Morgan fingerprint density at radius 2 is 2.25 bits per heavy atom. The van der Waals surface area contributed by atoms with Gasteiger partial charge in [-0.3, -0.25) is 4.79 Å². The van der Waals surface area contributed by atoms with Crippen LogP contribution in [0.5, 0.6) is 0 Å². The van der Waals surface area contributed by atoms with Gasteiger partial charge < -0.3 is 9.47 Å². The minimum atomic E-state index is -0.0311. The molecule has 1 aliphatic heterocycles. The highest BCUT2D eigenvalue weighted by Gasteiger charge is 2.64. The second-order valence-corrected chi connectivity index (χ2v) is 4.09. The summed E-state index contributed by atoms with van der Waals surface area (Å²) in [6.45, 7) is 0. The fourth-order valence-electron chi connectivity index (χ4n) is 3.02. The van der Waals surface area contributed by atoms with E-state index < -0.39 is 0 Å². The van der Waals surface area contributed by atoms with Crippen LogP contribution in [-0.2, 0) is 14.3 Å². The van der Waals surface area contributed by atoms with Gasteiger partial charge in [-0.2, -0.15) is 0 Å². The van der Waals surface area contributed by atoms with Crippen molar-refractivity contribution >= 4 is 5.97 Å². The molecule has 3 fully saturated rings. The molecule has 1 saturated heterocycles. The van der Waals surface area contributed by atoms with Gasteiger partial charge >= 0.3 is 5.97 Å². The molecule has 5 atom stereocenters. The Morgan fingerprint density at radius 1 is 1.42 bits per heavy atom. The topological polar surface area (TPSA) is 38.8 Å². The molecule has 66 valence electrons. The second kappa shape index (κ2) is 2.02. The zero-order valence-electron chi connectivity index (χ0n) is 7.03. The molecule has 2 saturated carbocycles. The van der Waals surface area contributed by atoms with Crippen LogP contribution in [0.3, 0.4) is 0 Å². The minimum Gasteiger partial charge on any atom is -0.469 e. The molecule has 0 amide bonds. The third-order valence-electron chi connectivity index (χ3n) is 3.60. The van der Waals surface area contributed by atoms with Gasteiger partial charge in [-0.1, -0.05) is 0 Å². The fraction of sp³-hybridized carbons (Fsp3) is 0.889. The maximum atomic E-state index is 11.3. The van der Waals surface area contributed by atoms with Crippen LogP contribution >= 0.6 is 0 Å². The van der Waals surface area contributed by atoms with Gasteiger partial charge in [0.15, 0.2) is 0 Å². The van der Waals surface area contributed by atoms with Crippen LogP contribution in [0.25, 0.3) is 0 Å². The Bertz CT molecular complexity index is 238. The summed E-state index contributed by atoms with van der Waals surface area (Å²) < 4.78 is 10.2. The Labute approximate surface area is 71.0 Å². The molecule has 3 nitrogen and oxygen atoms in total. The van der Waals surface area contributed by atoms with Crippen LogP contribution in [0.15, 0.2) is 0 Å². The first-order chi connectivity index (χ1) is 5.81. The van der Waals surface area contributed by atoms with Crippen molar-refractivity contribution in [2.75, 3.05) is 7.11 Å². The highest BCUT2D eigenvalue weighted by molar-refractivity contribution is 5.73. The molecule has 0 radical (unpaired) electrons. The monoisotopic (exact) mass is 168 g/mol. The number of esters is 1. The van der Waals surface area contributed by atoms with Gasteiger partial charge in [0.1, 0.15) is 0 Å². The third kappa shape index (κ3) is 0.678. The van der Waals surface area contributed by atoms with Crippen LogP contribution in [0.2, 0.25) is 0 Å². The van der Waals surface area contributed by atoms with Crippen LogP contribution in [0.4, 0.5) is 0 Å². The molecular formula is C9H12O3. The highest BCUT2D eigenvalue weighted by Crippen LogP contribution is 2.58. The summed E-state index contributed by atoms with van der Waals surface area (Å²) in [7, 11) is 1.47. The molecule has 3 heteroatoms. The van der Waals surface area contributed by atoms with E-state index in [9.17, 15) is 4.79 Å². The normalized spacial score (nSPS) is 53.6. The first-order valence-corrected chi connectivity index (χ1v) is 4.54. The zero-order chi connectivity index (χ0) is 8.29. The van der Waals surface area contributed by atoms with Gasteiger partial charge in [-0.15, -0.1) is 0 Å². The molecule has 0 aromatic rings. The van der Waals surface area contributed by atoms with Crippen molar-refractivity contribution in [2.24, 2.45) is 17.8 Å². The van der Waals surface area contributed by atoms with E-state index in [1.807, 2.05) is 0 Å². The number of rotatable bonds is 1. The lowest BCUT2D eigenvalue weighted by molar-refractivity contribution is -0.147. The lowest BCUT2D eigenvalue weighted by atomic mass is 9.89. The van der Waals surface area contributed by atoms with E-state index in [4.69, 9.17) is 9.47 Å². The third-order valence-corrected chi connectivity index (χ3v) is 3.60. The smallest absolute Gasteiger partial charge is 0.309 e.